The molecule has 38 heavy (non-hydrogen) atoms. The lowest BCUT2D eigenvalue weighted by Gasteiger charge is -2.21. The third-order valence-electron chi connectivity index (χ3n) is 5.78. The van der Waals surface area contributed by atoms with Crippen molar-refractivity contribution in [3.05, 3.63) is 63.2 Å². The minimum atomic E-state index is -1.18. The van der Waals surface area contributed by atoms with Crippen molar-refractivity contribution in [3.8, 4) is 11.5 Å². The molecule has 202 valence electrons. The van der Waals surface area contributed by atoms with Crippen LogP contribution in [-0.4, -0.2) is 52.0 Å². The maximum atomic E-state index is 12.7. The van der Waals surface area contributed by atoms with E-state index in [1.165, 1.54) is 24.3 Å². The van der Waals surface area contributed by atoms with Gasteiger partial charge in [0.2, 0.25) is 5.91 Å². The van der Waals surface area contributed by atoms with Gasteiger partial charge in [-0.3, -0.25) is 19.4 Å². The molecule has 2 amide bonds. The molecule has 10 nitrogen and oxygen atoms in total. The second kappa shape index (κ2) is 13.3. The highest BCUT2D eigenvalue weighted by Crippen LogP contribution is 2.39. The number of nitrogens with one attached hydrogen (secondary N) is 3. The fraction of sp³-hybridized carbons (Fsp3) is 0.308. The molecule has 6 N–H and O–H groups in total. The molecule has 0 saturated heterocycles. The maximum absolute atomic E-state index is 12.7. The number of anilines is 1. The largest absolute Gasteiger partial charge is 0.508 e. The predicted molar refractivity (Wildman–Crippen MR) is 148 cm³/mol. The number of allylic oxidation sites excluding steroid dienone is 1. The molecule has 0 bridgehead atoms. The summed E-state index contributed by atoms with van der Waals surface area (Å²) in [4.78, 5) is 41.2. The van der Waals surface area contributed by atoms with Crippen LogP contribution in [0.2, 0.25) is 5.02 Å². The lowest BCUT2D eigenvalue weighted by Crippen LogP contribution is -2.37. The van der Waals surface area contributed by atoms with E-state index in [2.05, 4.69) is 43.5 Å². The fourth-order valence-electron chi connectivity index (χ4n) is 3.98. The number of carboxylic acid groups (broad SMARTS) is 1. The first-order valence-electron chi connectivity index (χ1n) is 11.8. The van der Waals surface area contributed by atoms with Crippen LogP contribution in [0.3, 0.4) is 0 Å². The number of aromatic hydroxyl groups is 2. The van der Waals surface area contributed by atoms with Gasteiger partial charge in [0.1, 0.15) is 17.3 Å². The van der Waals surface area contributed by atoms with Crippen LogP contribution in [0.5, 0.6) is 11.5 Å². The number of aliphatic carboxylic acids is 1. The highest BCUT2D eigenvalue weighted by molar-refractivity contribution is 9.10. The van der Waals surface area contributed by atoms with Crippen LogP contribution in [0.25, 0.3) is 0 Å². The summed E-state index contributed by atoms with van der Waals surface area (Å²) in [7, 11) is 0. The first kappa shape index (κ1) is 29.0. The molecular weight excluding hydrogens is 580 g/mol. The molecule has 2 aromatic rings. The summed E-state index contributed by atoms with van der Waals surface area (Å²) < 4.78 is 0.257. The van der Waals surface area contributed by atoms with Gasteiger partial charge >= 0.3 is 5.97 Å². The summed E-state index contributed by atoms with van der Waals surface area (Å²) in [5.41, 5.74) is 0.798. The fourth-order valence-corrected chi connectivity index (χ4v) is 4.81. The number of amides is 2. The van der Waals surface area contributed by atoms with Crippen LogP contribution in [0.1, 0.15) is 53.9 Å². The van der Waals surface area contributed by atoms with Crippen molar-refractivity contribution in [1.29, 1.82) is 0 Å². The zero-order valence-electron chi connectivity index (χ0n) is 20.4. The van der Waals surface area contributed by atoms with Gasteiger partial charge in [-0.15, -0.1) is 0 Å². The number of benzene rings is 2. The molecule has 2 aromatic carbocycles. The van der Waals surface area contributed by atoms with E-state index in [4.69, 9.17) is 11.6 Å². The van der Waals surface area contributed by atoms with Crippen LogP contribution in [-0.2, 0) is 9.59 Å². The summed E-state index contributed by atoms with van der Waals surface area (Å²) in [6.07, 6.45) is 3.40. The van der Waals surface area contributed by atoms with Gasteiger partial charge in [-0.25, -0.2) is 0 Å². The van der Waals surface area contributed by atoms with Gasteiger partial charge in [0.05, 0.1) is 17.4 Å². The number of phenolic OH excluding ortho intramolecular Hbond substituents is 2. The zero-order valence-corrected chi connectivity index (χ0v) is 22.7. The number of hydrogen-bond acceptors (Lipinski definition) is 7. The molecule has 0 fully saturated rings. The molecule has 0 spiro atoms. The van der Waals surface area contributed by atoms with E-state index in [-0.39, 0.29) is 37.8 Å². The highest BCUT2D eigenvalue weighted by atomic mass is 79.9. The molecule has 0 radical (unpaired) electrons. The van der Waals surface area contributed by atoms with Gasteiger partial charge in [0.25, 0.3) is 5.91 Å². The Hall–Kier alpha value is -3.57. The van der Waals surface area contributed by atoms with Crippen molar-refractivity contribution in [2.75, 3.05) is 18.4 Å². The standard InChI is InChI=1S/C26H28BrClN4O6/c1-14(19(12-24(35)36)20-9-16(28)10-21(27)25(20)37)31-23(34)13-30-26(38)15-7-17(11-18(33)8-15)32-22-5-3-2-4-6-29-22/h7-11,19,33,37H,1-6,12-13H2,(H,29,32)(H,30,38)(H,31,34)(H,35,36)/t19-/m0/s1. The predicted octanol–water partition coefficient (Wildman–Crippen LogP) is 4.52. The Morgan fingerprint density at radius 3 is 2.61 bits per heavy atom. The molecule has 12 heteroatoms. The molecule has 3 rings (SSSR count). The Bertz CT molecular complexity index is 1280. The number of amidine groups is 1. The average Bonchev–Trinajstić information content (AvgIpc) is 3.11. The quantitative estimate of drug-likeness (QED) is 0.244. The molecule has 1 atom stereocenters. The normalized spacial score (nSPS) is 14.0. The van der Waals surface area contributed by atoms with Crippen LogP contribution in [0, 0.1) is 0 Å². The Morgan fingerprint density at radius 1 is 1.11 bits per heavy atom. The van der Waals surface area contributed by atoms with E-state index < -0.39 is 36.7 Å². The van der Waals surface area contributed by atoms with Gasteiger partial charge < -0.3 is 31.3 Å². The number of hydrogen-bond donors (Lipinski definition) is 6. The maximum Gasteiger partial charge on any atom is 0.304 e. The first-order valence-corrected chi connectivity index (χ1v) is 13.0. The van der Waals surface area contributed by atoms with Crippen LogP contribution < -0.4 is 16.0 Å². The first-order chi connectivity index (χ1) is 18.0. The molecule has 0 saturated carbocycles. The number of nitrogens with zero attached hydrogens (tertiary/aromatic N) is 1. The number of rotatable bonds is 9. The van der Waals surface area contributed by atoms with E-state index >= 15 is 0 Å². The number of phenols is 2. The Kier molecular flexibility index (Phi) is 10.1. The summed E-state index contributed by atoms with van der Waals surface area (Å²) >= 11 is 9.22. The van der Waals surface area contributed by atoms with E-state index in [0.29, 0.717) is 5.69 Å². The van der Waals surface area contributed by atoms with Gasteiger partial charge in [-0.1, -0.05) is 24.6 Å². The number of carbonyl (C=O) groups excluding carboxylic acids is 2. The second-order valence-corrected chi connectivity index (χ2v) is 10.1. The van der Waals surface area contributed by atoms with Crippen molar-refractivity contribution in [1.82, 2.24) is 10.6 Å². The minimum absolute atomic E-state index is 0.00383. The summed E-state index contributed by atoms with van der Waals surface area (Å²) in [6.45, 7) is 4.03. The smallest absolute Gasteiger partial charge is 0.304 e. The second-order valence-electron chi connectivity index (χ2n) is 8.76. The average molecular weight is 608 g/mol. The van der Waals surface area contributed by atoms with Gasteiger partial charge in [0.15, 0.2) is 0 Å². The molecular formula is C26H28BrClN4O6. The van der Waals surface area contributed by atoms with E-state index in [1.54, 1.807) is 6.07 Å². The molecule has 1 aliphatic rings. The van der Waals surface area contributed by atoms with Gasteiger partial charge in [0, 0.05) is 52.5 Å². The molecule has 0 aromatic heterocycles. The molecule has 1 heterocycles. The van der Waals surface area contributed by atoms with Crippen LogP contribution in [0.4, 0.5) is 5.69 Å². The number of carbonyl (C=O) groups is 3. The number of carboxylic acids is 1. The third kappa shape index (κ3) is 8.22. The topological polar surface area (TPSA) is 160 Å². The van der Waals surface area contributed by atoms with Crippen molar-refractivity contribution in [3.63, 3.8) is 0 Å². The van der Waals surface area contributed by atoms with Crippen molar-refractivity contribution < 1.29 is 29.7 Å². The van der Waals surface area contributed by atoms with Crippen molar-refractivity contribution in [2.45, 2.75) is 38.0 Å². The number of halogens is 2. The lowest BCUT2D eigenvalue weighted by molar-refractivity contribution is -0.137. The summed E-state index contributed by atoms with van der Waals surface area (Å²) in [6, 6.07) is 7.13. The van der Waals surface area contributed by atoms with Gasteiger partial charge in [-0.2, -0.15) is 0 Å². The molecule has 0 aliphatic carbocycles. The van der Waals surface area contributed by atoms with Crippen LogP contribution in [0.15, 0.2) is 52.1 Å². The summed E-state index contributed by atoms with van der Waals surface area (Å²) in [5, 5.41) is 38.2. The summed E-state index contributed by atoms with van der Waals surface area (Å²) in [5.74, 6) is -3.02. The number of aliphatic imine (C=N–C) groups is 1. The SMILES string of the molecule is C=C(NC(=O)CNC(=O)c1cc(O)cc(NC2=NCCCCC2)c1)[C@H](CC(=O)O)c1cc(Cl)cc(Br)c1O. The van der Waals surface area contributed by atoms with Gasteiger partial charge in [-0.05, 0) is 53.0 Å². The molecule has 0 unspecified atom stereocenters. The van der Waals surface area contributed by atoms with Crippen LogP contribution >= 0.6 is 27.5 Å². The van der Waals surface area contributed by atoms with Crippen molar-refractivity contribution in [2.24, 2.45) is 4.99 Å². The Labute approximate surface area is 232 Å². The molecule has 1 aliphatic heterocycles. The Morgan fingerprint density at radius 2 is 1.87 bits per heavy atom. The monoisotopic (exact) mass is 606 g/mol. The van der Waals surface area contributed by atoms with E-state index in [1.807, 2.05) is 0 Å². The van der Waals surface area contributed by atoms with E-state index in [0.717, 1.165) is 38.1 Å². The lowest BCUT2D eigenvalue weighted by atomic mass is 9.92. The minimum Gasteiger partial charge on any atom is -0.508 e. The van der Waals surface area contributed by atoms with E-state index in [9.17, 15) is 29.7 Å². The highest BCUT2D eigenvalue weighted by Gasteiger charge is 2.25. The third-order valence-corrected chi connectivity index (χ3v) is 6.61. The Balaban J connectivity index is 1.64. The zero-order chi connectivity index (χ0) is 27.8. The van der Waals surface area contributed by atoms with Crippen molar-refractivity contribution >= 4 is 56.8 Å².